The summed E-state index contributed by atoms with van der Waals surface area (Å²) in [5.41, 5.74) is 8.82. The first-order valence-corrected chi connectivity index (χ1v) is 3.21. The zero-order valence-electron chi connectivity index (χ0n) is 5.94. The Labute approximate surface area is 60.8 Å². The lowest BCUT2D eigenvalue weighted by Gasteiger charge is -2.19. The molecule has 0 atom stereocenters. The van der Waals surface area contributed by atoms with Gasteiger partial charge in [0.2, 0.25) is 0 Å². The van der Waals surface area contributed by atoms with Gasteiger partial charge < -0.3 is 11.5 Å². The van der Waals surface area contributed by atoms with E-state index in [0.29, 0.717) is 6.42 Å². The molecule has 0 saturated carbocycles. The van der Waals surface area contributed by atoms with E-state index in [1.807, 2.05) is 0 Å². The number of alkyl halides is 1. The van der Waals surface area contributed by atoms with E-state index >= 15 is 0 Å². The van der Waals surface area contributed by atoms with Gasteiger partial charge in [0.1, 0.15) is 5.67 Å². The van der Waals surface area contributed by atoms with Crippen molar-refractivity contribution < 1.29 is 4.39 Å². The molecule has 0 aromatic rings. The normalized spacial score (nSPS) is 11.0. The summed E-state index contributed by atoms with van der Waals surface area (Å²) in [6.45, 7) is -0.101. The predicted molar refractivity (Wildman–Crippen MR) is 40.0 cm³/mol. The van der Waals surface area contributed by atoms with Crippen molar-refractivity contribution in [2.45, 2.75) is 18.5 Å². The highest BCUT2D eigenvalue weighted by Gasteiger charge is 2.24. The van der Waals surface area contributed by atoms with Crippen molar-refractivity contribution in [1.29, 1.82) is 0 Å². The van der Waals surface area contributed by atoms with Gasteiger partial charge in [0, 0.05) is 19.5 Å². The first-order chi connectivity index (χ1) is 4.68. The SMILES string of the molecule is C#CCCC(F)(CN)CN. The summed E-state index contributed by atoms with van der Waals surface area (Å²) in [6, 6.07) is 0. The zero-order chi connectivity index (χ0) is 8.04. The number of hydrogen-bond acceptors (Lipinski definition) is 2. The molecule has 0 rings (SSSR count). The molecule has 4 N–H and O–H groups in total. The van der Waals surface area contributed by atoms with Gasteiger partial charge in [-0.05, 0) is 6.42 Å². The number of halogens is 1. The Morgan fingerprint density at radius 3 is 2.20 bits per heavy atom. The smallest absolute Gasteiger partial charge is 0.136 e. The van der Waals surface area contributed by atoms with E-state index in [0.717, 1.165) is 0 Å². The fourth-order valence-corrected chi connectivity index (χ4v) is 0.584. The molecule has 0 aliphatic rings. The predicted octanol–water partition coefficient (Wildman–Crippen LogP) is 0.0255. The van der Waals surface area contributed by atoms with Crippen molar-refractivity contribution in [1.82, 2.24) is 0 Å². The molecule has 0 aliphatic carbocycles. The fraction of sp³-hybridized carbons (Fsp3) is 0.714. The maximum absolute atomic E-state index is 13.1. The van der Waals surface area contributed by atoms with Crippen LogP contribution in [-0.4, -0.2) is 18.8 Å². The van der Waals surface area contributed by atoms with Crippen LogP contribution in [0.5, 0.6) is 0 Å². The molecular weight excluding hydrogens is 131 g/mol. The molecule has 0 radical (unpaired) electrons. The summed E-state index contributed by atoms with van der Waals surface area (Å²) >= 11 is 0. The van der Waals surface area contributed by atoms with Crippen LogP contribution in [0.2, 0.25) is 0 Å². The van der Waals surface area contributed by atoms with Gasteiger partial charge in [0.05, 0.1) is 0 Å². The summed E-state index contributed by atoms with van der Waals surface area (Å²) in [4.78, 5) is 0. The molecule has 0 amide bonds. The zero-order valence-corrected chi connectivity index (χ0v) is 5.94. The molecule has 0 heterocycles. The monoisotopic (exact) mass is 144 g/mol. The summed E-state index contributed by atoms with van der Waals surface area (Å²) in [6.07, 6.45) is 5.60. The molecule has 0 aromatic heterocycles. The molecular formula is C7H13FN2. The van der Waals surface area contributed by atoms with Gasteiger partial charge in [-0.3, -0.25) is 0 Å². The van der Waals surface area contributed by atoms with Gasteiger partial charge in [-0.25, -0.2) is 4.39 Å². The van der Waals surface area contributed by atoms with Gasteiger partial charge >= 0.3 is 0 Å². The molecule has 10 heavy (non-hydrogen) atoms. The van der Waals surface area contributed by atoms with Crippen LogP contribution in [-0.2, 0) is 0 Å². The van der Waals surface area contributed by atoms with Crippen molar-refractivity contribution in [2.75, 3.05) is 13.1 Å². The molecule has 0 aliphatic heterocycles. The third-order valence-electron chi connectivity index (χ3n) is 1.45. The Kier molecular flexibility index (Phi) is 4.01. The van der Waals surface area contributed by atoms with E-state index in [4.69, 9.17) is 17.9 Å². The topological polar surface area (TPSA) is 52.0 Å². The van der Waals surface area contributed by atoms with E-state index in [-0.39, 0.29) is 19.5 Å². The third-order valence-corrected chi connectivity index (χ3v) is 1.45. The molecule has 0 spiro atoms. The van der Waals surface area contributed by atoms with Gasteiger partial charge in [-0.2, -0.15) is 0 Å². The summed E-state index contributed by atoms with van der Waals surface area (Å²) in [5, 5.41) is 0. The Hall–Kier alpha value is -0.590. The highest BCUT2D eigenvalue weighted by atomic mass is 19.1. The first kappa shape index (κ1) is 9.41. The Balaban J connectivity index is 3.71. The summed E-state index contributed by atoms with van der Waals surface area (Å²) in [5.74, 6) is 2.34. The van der Waals surface area contributed by atoms with Gasteiger partial charge in [-0.15, -0.1) is 12.3 Å². The van der Waals surface area contributed by atoms with Crippen LogP contribution in [0.3, 0.4) is 0 Å². The first-order valence-electron chi connectivity index (χ1n) is 3.21. The lowest BCUT2D eigenvalue weighted by atomic mass is 10.0. The van der Waals surface area contributed by atoms with E-state index in [1.54, 1.807) is 0 Å². The molecule has 0 unspecified atom stereocenters. The molecule has 0 aromatic carbocycles. The standard InChI is InChI=1S/C7H13FN2/c1-2-3-4-7(8,5-9)6-10/h1H,3-6,9-10H2. The molecule has 0 fully saturated rings. The van der Waals surface area contributed by atoms with E-state index in [9.17, 15) is 4.39 Å². The van der Waals surface area contributed by atoms with E-state index in [2.05, 4.69) is 5.92 Å². The Bertz CT molecular complexity index is 124. The lowest BCUT2D eigenvalue weighted by molar-refractivity contribution is 0.172. The highest BCUT2D eigenvalue weighted by Crippen LogP contribution is 2.14. The van der Waals surface area contributed by atoms with Crippen LogP contribution >= 0.6 is 0 Å². The third kappa shape index (κ3) is 2.81. The van der Waals surface area contributed by atoms with Crippen molar-refractivity contribution in [2.24, 2.45) is 11.5 Å². The van der Waals surface area contributed by atoms with Gasteiger partial charge in [-0.1, -0.05) is 0 Å². The Morgan fingerprint density at radius 2 is 1.90 bits per heavy atom. The molecule has 3 heteroatoms. The van der Waals surface area contributed by atoms with Gasteiger partial charge in [0.15, 0.2) is 0 Å². The van der Waals surface area contributed by atoms with Crippen molar-refractivity contribution in [3.63, 3.8) is 0 Å². The largest absolute Gasteiger partial charge is 0.327 e. The molecule has 0 saturated heterocycles. The minimum Gasteiger partial charge on any atom is -0.327 e. The molecule has 58 valence electrons. The summed E-state index contributed by atoms with van der Waals surface area (Å²) < 4.78 is 13.1. The van der Waals surface area contributed by atoms with Crippen LogP contribution < -0.4 is 11.5 Å². The van der Waals surface area contributed by atoms with Crippen LogP contribution in [0, 0.1) is 12.3 Å². The average Bonchev–Trinajstić information content (AvgIpc) is 2.00. The molecule has 0 bridgehead atoms. The fourth-order valence-electron chi connectivity index (χ4n) is 0.584. The molecule has 2 nitrogen and oxygen atoms in total. The highest BCUT2D eigenvalue weighted by molar-refractivity contribution is 4.90. The second kappa shape index (κ2) is 4.26. The number of rotatable bonds is 4. The Morgan fingerprint density at radius 1 is 1.40 bits per heavy atom. The van der Waals surface area contributed by atoms with E-state index in [1.165, 1.54) is 0 Å². The van der Waals surface area contributed by atoms with Crippen molar-refractivity contribution in [3.8, 4) is 12.3 Å². The van der Waals surface area contributed by atoms with Crippen molar-refractivity contribution >= 4 is 0 Å². The minimum absolute atomic E-state index is 0.0504. The van der Waals surface area contributed by atoms with E-state index < -0.39 is 5.67 Å². The average molecular weight is 144 g/mol. The maximum atomic E-state index is 13.1. The second-order valence-electron chi connectivity index (χ2n) is 2.26. The van der Waals surface area contributed by atoms with Crippen molar-refractivity contribution in [3.05, 3.63) is 0 Å². The summed E-state index contributed by atoms with van der Waals surface area (Å²) in [7, 11) is 0. The van der Waals surface area contributed by atoms with Crippen LogP contribution in [0.1, 0.15) is 12.8 Å². The minimum atomic E-state index is -1.45. The number of terminal acetylenes is 1. The van der Waals surface area contributed by atoms with Crippen LogP contribution in [0.25, 0.3) is 0 Å². The second-order valence-corrected chi connectivity index (χ2v) is 2.26. The number of nitrogens with two attached hydrogens (primary N) is 2. The van der Waals surface area contributed by atoms with Crippen LogP contribution in [0.15, 0.2) is 0 Å². The van der Waals surface area contributed by atoms with Gasteiger partial charge in [0.25, 0.3) is 0 Å². The van der Waals surface area contributed by atoms with Crippen LogP contribution in [0.4, 0.5) is 4.39 Å². The lowest BCUT2D eigenvalue weighted by Crippen LogP contribution is -2.40. The maximum Gasteiger partial charge on any atom is 0.136 e. The quantitative estimate of drug-likeness (QED) is 0.547. The number of hydrogen-bond donors (Lipinski definition) is 2.